The maximum atomic E-state index is 11.8. The van der Waals surface area contributed by atoms with Gasteiger partial charge in [0.2, 0.25) is 0 Å². The number of aromatic nitrogens is 1. The second kappa shape index (κ2) is 4.88. The van der Waals surface area contributed by atoms with Crippen molar-refractivity contribution >= 4 is 28.1 Å². The molecule has 1 aromatic rings. The Balaban J connectivity index is 1.61. The molecule has 0 aromatic carbocycles. The minimum Gasteiger partial charge on any atom is -0.356 e. The van der Waals surface area contributed by atoms with Crippen molar-refractivity contribution in [3.05, 3.63) is 34.1 Å². The summed E-state index contributed by atoms with van der Waals surface area (Å²) in [5.74, 6) is 1.17. The molecule has 3 aliphatic rings. The second-order valence-electron chi connectivity index (χ2n) is 6.18. The van der Waals surface area contributed by atoms with Crippen molar-refractivity contribution in [2.24, 2.45) is 22.4 Å². The Hall–Kier alpha value is -1.36. The van der Waals surface area contributed by atoms with Gasteiger partial charge in [-0.25, -0.2) is 5.43 Å². The summed E-state index contributed by atoms with van der Waals surface area (Å²) >= 11 is 3.30. The third-order valence-corrected chi connectivity index (χ3v) is 5.24. The highest BCUT2D eigenvalue weighted by Crippen LogP contribution is 2.58. The van der Waals surface area contributed by atoms with Crippen LogP contribution in [0, 0.1) is 17.3 Å². The Morgan fingerprint density at radius 1 is 1.60 bits per heavy atom. The van der Waals surface area contributed by atoms with Crippen LogP contribution in [-0.2, 0) is 0 Å². The topological polar surface area (TPSA) is 57.2 Å². The first-order chi connectivity index (χ1) is 9.48. The smallest absolute Gasteiger partial charge is 0.287 e. The molecule has 1 saturated carbocycles. The molecule has 2 N–H and O–H groups in total. The summed E-state index contributed by atoms with van der Waals surface area (Å²) < 4.78 is 0.851. The normalized spacial score (nSPS) is 27.1. The Kier molecular flexibility index (Phi) is 3.32. The molecule has 1 aromatic heterocycles. The zero-order valence-corrected chi connectivity index (χ0v) is 13.2. The number of allylic oxidation sites excluding steroid dienone is 2. The van der Waals surface area contributed by atoms with Crippen molar-refractivity contribution in [2.75, 3.05) is 0 Å². The van der Waals surface area contributed by atoms with Crippen LogP contribution >= 0.6 is 15.9 Å². The Morgan fingerprint density at radius 2 is 2.40 bits per heavy atom. The van der Waals surface area contributed by atoms with E-state index in [0.29, 0.717) is 17.0 Å². The highest BCUT2D eigenvalue weighted by Gasteiger charge is 2.50. The van der Waals surface area contributed by atoms with Gasteiger partial charge in [0, 0.05) is 10.7 Å². The van der Waals surface area contributed by atoms with Gasteiger partial charge in [0.05, 0.1) is 6.21 Å². The van der Waals surface area contributed by atoms with Gasteiger partial charge in [-0.2, -0.15) is 5.10 Å². The van der Waals surface area contributed by atoms with Gasteiger partial charge in [-0.15, -0.1) is 0 Å². The van der Waals surface area contributed by atoms with Gasteiger partial charge >= 0.3 is 0 Å². The summed E-state index contributed by atoms with van der Waals surface area (Å²) in [6, 6.07) is 1.73. The summed E-state index contributed by atoms with van der Waals surface area (Å²) in [6.45, 7) is 4.64. The predicted octanol–water partition coefficient (Wildman–Crippen LogP) is 3.49. The van der Waals surface area contributed by atoms with Crippen molar-refractivity contribution in [2.45, 2.75) is 26.7 Å². The van der Waals surface area contributed by atoms with Crippen LogP contribution in [0.3, 0.4) is 0 Å². The maximum absolute atomic E-state index is 11.8. The molecule has 0 spiro atoms. The molecule has 1 fully saturated rings. The SMILES string of the molecule is CC1(C)[C@H]2CC=C(C=NNC(=O)c3cc(Br)c[nH]3)[C@H]1C2. The summed E-state index contributed by atoms with van der Waals surface area (Å²) in [5, 5.41) is 4.09. The fourth-order valence-electron chi connectivity index (χ4n) is 3.27. The summed E-state index contributed by atoms with van der Waals surface area (Å²) in [5.41, 5.74) is 4.69. The average Bonchev–Trinajstić information content (AvgIpc) is 2.85. The first kappa shape index (κ1) is 13.6. The predicted molar refractivity (Wildman–Crippen MR) is 82.5 cm³/mol. The van der Waals surface area contributed by atoms with E-state index in [0.717, 1.165) is 16.8 Å². The van der Waals surface area contributed by atoms with Crippen molar-refractivity contribution in [3.8, 4) is 0 Å². The van der Waals surface area contributed by atoms with Crippen LogP contribution in [0.4, 0.5) is 0 Å². The van der Waals surface area contributed by atoms with Crippen LogP contribution in [0.25, 0.3) is 0 Å². The quantitative estimate of drug-likeness (QED) is 0.644. The van der Waals surface area contributed by atoms with Gasteiger partial charge in [0.25, 0.3) is 5.91 Å². The first-order valence-electron chi connectivity index (χ1n) is 6.86. The molecule has 1 heterocycles. The Bertz CT molecular complexity index is 600. The van der Waals surface area contributed by atoms with Gasteiger partial charge in [0.15, 0.2) is 0 Å². The van der Waals surface area contributed by atoms with Crippen molar-refractivity contribution in [1.82, 2.24) is 10.4 Å². The Morgan fingerprint density at radius 3 is 3.00 bits per heavy atom. The lowest BCUT2D eigenvalue weighted by atomic mass is 9.49. The van der Waals surface area contributed by atoms with E-state index in [4.69, 9.17) is 0 Å². The summed E-state index contributed by atoms with van der Waals surface area (Å²) in [6.07, 6.45) is 8.16. The molecule has 0 saturated heterocycles. The second-order valence-corrected chi connectivity index (χ2v) is 7.09. The van der Waals surface area contributed by atoms with Crippen molar-refractivity contribution in [1.29, 1.82) is 0 Å². The van der Waals surface area contributed by atoms with Crippen molar-refractivity contribution in [3.63, 3.8) is 0 Å². The van der Waals surface area contributed by atoms with Crippen LogP contribution in [0.5, 0.6) is 0 Å². The molecule has 3 aliphatic carbocycles. The van der Waals surface area contributed by atoms with Crippen LogP contribution < -0.4 is 5.43 Å². The van der Waals surface area contributed by atoms with Crippen LogP contribution in [-0.4, -0.2) is 17.1 Å². The minimum absolute atomic E-state index is 0.228. The molecular weight excluding hydrogens is 318 g/mol. The lowest BCUT2D eigenvalue weighted by Crippen LogP contribution is -2.48. The lowest BCUT2D eigenvalue weighted by molar-refractivity contribution is -0.00126. The Labute approximate surface area is 126 Å². The minimum atomic E-state index is -0.228. The molecule has 20 heavy (non-hydrogen) atoms. The zero-order valence-electron chi connectivity index (χ0n) is 11.6. The molecule has 0 radical (unpaired) electrons. The molecule has 1 amide bonds. The number of aromatic amines is 1. The molecule has 4 rings (SSSR count). The fraction of sp³-hybridized carbons (Fsp3) is 0.467. The van der Waals surface area contributed by atoms with Crippen LogP contribution in [0.2, 0.25) is 0 Å². The number of nitrogens with one attached hydrogen (secondary N) is 2. The van der Waals surface area contributed by atoms with Crippen LogP contribution in [0.15, 0.2) is 33.5 Å². The van der Waals surface area contributed by atoms with Gasteiger partial charge in [-0.3, -0.25) is 4.79 Å². The third-order valence-electron chi connectivity index (χ3n) is 4.78. The maximum Gasteiger partial charge on any atom is 0.287 e. The van der Waals surface area contributed by atoms with Gasteiger partial charge in [-0.1, -0.05) is 19.9 Å². The molecular formula is C15H18BrN3O. The molecule has 5 heteroatoms. The van der Waals surface area contributed by atoms with Crippen molar-refractivity contribution < 1.29 is 4.79 Å². The standard InChI is InChI=1S/C15H18BrN3O/c1-15(2)10-4-3-9(12(15)5-10)7-18-19-14(20)13-6-11(16)8-17-13/h3,6-8,10,12,17H,4-5H2,1-2H3,(H,19,20)/t10-,12+/m0/s1. The van der Waals surface area contributed by atoms with E-state index < -0.39 is 0 Å². The number of H-pyrrole nitrogens is 1. The number of carbonyl (C=O) groups is 1. The number of rotatable bonds is 3. The number of hydrogen-bond donors (Lipinski definition) is 2. The fourth-order valence-corrected chi connectivity index (χ4v) is 3.61. The number of hydrogen-bond acceptors (Lipinski definition) is 2. The number of amides is 1. The first-order valence-corrected chi connectivity index (χ1v) is 7.65. The number of halogens is 1. The molecule has 2 bridgehead atoms. The summed E-state index contributed by atoms with van der Waals surface area (Å²) in [7, 11) is 0. The van der Waals surface area contributed by atoms with Gasteiger partial charge in [-0.05, 0) is 57.7 Å². The van der Waals surface area contributed by atoms with Crippen LogP contribution in [0.1, 0.15) is 37.2 Å². The molecule has 106 valence electrons. The number of carbonyl (C=O) groups excluding carboxylic acids is 1. The number of nitrogens with zero attached hydrogens (tertiary/aromatic N) is 1. The molecule has 0 aliphatic heterocycles. The van der Waals surface area contributed by atoms with E-state index in [-0.39, 0.29) is 5.91 Å². The van der Waals surface area contributed by atoms with E-state index >= 15 is 0 Å². The van der Waals surface area contributed by atoms with Gasteiger partial charge in [0.1, 0.15) is 5.69 Å². The zero-order chi connectivity index (χ0) is 14.3. The van der Waals surface area contributed by atoms with Gasteiger partial charge < -0.3 is 4.98 Å². The van der Waals surface area contributed by atoms with E-state index in [1.54, 1.807) is 18.5 Å². The molecule has 4 nitrogen and oxygen atoms in total. The average molecular weight is 336 g/mol. The highest BCUT2D eigenvalue weighted by atomic mass is 79.9. The lowest BCUT2D eigenvalue weighted by Gasteiger charge is -2.55. The monoisotopic (exact) mass is 335 g/mol. The highest BCUT2D eigenvalue weighted by molar-refractivity contribution is 9.10. The summed E-state index contributed by atoms with van der Waals surface area (Å²) in [4.78, 5) is 14.7. The largest absolute Gasteiger partial charge is 0.356 e. The number of hydrazone groups is 1. The van der Waals surface area contributed by atoms with E-state index in [9.17, 15) is 4.79 Å². The van der Waals surface area contributed by atoms with E-state index in [1.165, 1.54) is 12.0 Å². The van der Waals surface area contributed by atoms with E-state index in [2.05, 4.69) is 51.4 Å². The van der Waals surface area contributed by atoms with E-state index in [1.807, 2.05) is 0 Å². The molecule has 0 unspecified atom stereocenters. The molecule has 2 atom stereocenters. The number of fused-ring (bicyclic) bond motifs is 1. The third kappa shape index (κ3) is 2.24.